The number of amides is 3. The Labute approximate surface area is 174 Å². The van der Waals surface area contributed by atoms with E-state index in [2.05, 4.69) is 26.8 Å². The molecule has 0 radical (unpaired) electrons. The number of benzene rings is 1. The van der Waals surface area contributed by atoms with E-state index in [1.54, 1.807) is 42.9 Å². The van der Waals surface area contributed by atoms with Crippen LogP contribution in [0.3, 0.4) is 0 Å². The molecular weight excluding hydrogens is 382 g/mol. The van der Waals surface area contributed by atoms with Gasteiger partial charge in [-0.05, 0) is 44.0 Å². The number of carbonyl (C=O) groups excluding carboxylic acids is 2. The van der Waals surface area contributed by atoms with E-state index >= 15 is 0 Å². The van der Waals surface area contributed by atoms with Gasteiger partial charge in [-0.2, -0.15) is 10.4 Å². The summed E-state index contributed by atoms with van der Waals surface area (Å²) >= 11 is 0. The Kier molecular flexibility index (Phi) is 5.97. The van der Waals surface area contributed by atoms with Gasteiger partial charge in [0, 0.05) is 43.3 Å². The van der Waals surface area contributed by atoms with Crippen LogP contribution in [0.25, 0.3) is 5.65 Å². The predicted octanol–water partition coefficient (Wildman–Crippen LogP) is 2.56. The van der Waals surface area contributed by atoms with Gasteiger partial charge in [-0.15, -0.1) is 0 Å². The molecule has 0 unspecified atom stereocenters. The first-order valence-corrected chi connectivity index (χ1v) is 9.45. The minimum atomic E-state index is -0.245. The Morgan fingerprint density at radius 3 is 2.77 bits per heavy atom. The van der Waals surface area contributed by atoms with Gasteiger partial charge in [0.1, 0.15) is 11.6 Å². The molecule has 9 nitrogen and oxygen atoms in total. The summed E-state index contributed by atoms with van der Waals surface area (Å²) in [5.74, 6) is -0.146. The summed E-state index contributed by atoms with van der Waals surface area (Å²) in [5, 5.41) is 18.8. The third-order valence-corrected chi connectivity index (χ3v) is 4.97. The summed E-state index contributed by atoms with van der Waals surface area (Å²) in [4.78, 5) is 30.2. The lowest BCUT2D eigenvalue weighted by Crippen LogP contribution is -2.34. The molecule has 3 amide bonds. The summed E-state index contributed by atoms with van der Waals surface area (Å²) < 4.78 is 1.64. The van der Waals surface area contributed by atoms with Crippen LogP contribution in [0.5, 0.6) is 0 Å². The minimum Gasteiger partial charge on any atom is -0.341 e. The monoisotopic (exact) mass is 405 g/mol. The van der Waals surface area contributed by atoms with E-state index in [-0.39, 0.29) is 18.4 Å². The van der Waals surface area contributed by atoms with Gasteiger partial charge >= 0.3 is 6.03 Å². The maximum atomic E-state index is 12.5. The zero-order chi connectivity index (χ0) is 21.8. The number of aryl methyl sites for hydroxylation is 2. The van der Waals surface area contributed by atoms with Gasteiger partial charge in [-0.1, -0.05) is 6.07 Å². The fourth-order valence-corrected chi connectivity index (χ4v) is 3.29. The average molecular weight is 405 g/mol. The molecule has 154 valence electrons. The zero-order valence-corrected chi connectivity index (χ0v) is 17.4. The molecule has 2 N–H and O–H groups in total. The van der Waals surface area contributed by atoms with Gasteiger partial charge in [-0.25, -0.2) is 14.3 Å². The summed E-state index contributed by atoms with van der Waals surface area (Å²) in [7, 11) is 3.21. The van der Waals surface area contributed by atoms with Gasteiger partial charge < -0.3 is 10.6 Å². The van der Waals surface area contributed by atoms with Gasteiger partial charge in [0.25, 0.3) is 0 Å². The smallest absolute Gasteiger partial charge is 0.321 e. The van der Waals surface area contributed by atoms with Crippen LogP contribution in [-0.2, 0) is 11.2 Å². The lowest BCUT2D eigenvalue weighted by molar-refractivity contribution is -0.116. The second-order valence-electron chi connectivity index (χ2n) is 6.88. The van der Waals surface area contributed by atoms with Crippen molar-refractivity contribution in [3.63, 3.8) is 0 Å². The van der Waals surface area contributed by atoms with Gasteiger partial charge in [-0.3, -0.25) is 9.69 Å². The van der Waals surface area contributed by atoms with Crippen molar-refractivity contribution in [3.05, 3.63) is 53.0 Å². The molecule has 1 aromatic carbocycles. The Hall–Kier alpha value is -3.93. The van der Waals surface area contributed by atoms with Crippen LogP contribution in [0.1, 0.15) is 28.9 Å². The second-order valence-corrected chi connectivity index (χ2v) is 6.88. The van der Waals surface area contributed by atoms with Crippen molar-refractivity contribution in [2.24, 2.45) is 0 Å². The van der Waals surface area contributed by atoms with E-state index in [0.29, 0.717) is 29.0 Å². The van der Waals surface area contributed by atoms with Gasteiger partial charge in [0.2, 0.25) is 5.91 Å². The number of nitrogens with zero attached hydrogens (tertiary/aromatic N) is 5. The normalized spacial score (nSPS) is 10.5. The molecule has 0 atom stereocenters. The zero-order valence-electron chi connectivity index (χ0n) is 17.4. The number of hydrogen-bond donors (Lipinski definition) is 2. The fourth-order valence-electron chi connectivity index (χ4n) is 3.29. The number of nitriles is 1. The van der Waals surface area contributed by atoms with E-state index in [1.807, 2.05) is 13.8 Å². The van der Waals surface area contributed by atoms with Crippen molar-refractivity contribution in [2.45, 2.75) is 26.7 Å². The average Bonchev–Trinajstić information content (AvgIpc) is 3.15. The molecule has 3 rings (SSSR count). The van der Waals surface area contributed by atoms with E-state index < -0.39 is 0 Å². The molecule has 0 saturated carbocycles. The molecule has 2 heterocycles. The highest BCUT2D eigenvalue weighted by Gasteiger charge is 2.15. The summed E-state index contributed by atoms with van der Waals surface area (Å²) in [5.41, 5.74) is 4.80. The molecule has 3 aromatic rings. The van der Waals surface area contributed by atoms with E-state index in [1.165, 1.54) is 11.1 Å². The highest BCUT2D eigenvalue weighted by molar-refractivity contribution is 5.94. The Morgan fingerprint density at radius 2 is 2.07 bits per heavy atom. The van der Waals surface area contributed by atoms with Crippen molar-refractivity contribution < 1.29 is 9.59 Å². The molecule has 30 heavy (non-hydrogen) atoms. The molecule has 0 bridgehead atoms. The van der Waals surface area contributed by atoms with Crippen LogP contribution in [0.2, 0.25) is 0 Å². The molecular formula is C21H23N7O2. The first kappa shape index (κ1) is 20.8. The lowest BCUT2D eigenvalue weighted by atomic mass is 10.1. The second kappa shape index (κ2) is 8.61. The topological polar surface area (TPSA) is 115 Å². The van der Waals surface area contributed by atoms with E-state index in [9.17, 15) is 9.59 Å². The van der Waals surface area contributed by atoms with Crippen molar-refractivity contribution in [1.29, 1.82) is 5.26 Å². The van der Waals surface area contributed by atoms with E-state index in [0.717, 1.165) is 17.0 Å². The summed E-state index contributed by atoms with van der Waals surface area (Å²) in [6.07, 6.45) is 2.25. The largest absolute Gasteiger partial charge is 0.341 e. The van der Waals surface area contributed by atoms with Crippen LogP contribution < -0.4 is 15.5 Å². The molecule has 0 spiro atoms. The van der Waals surface area contributed by atoms with E-state index in [4.69, 9.17) is 5.26 Å². The van der Waals surface area contributed by atoms with Crippen LogP contribution >= 0.6 is 0 Å². The predicted molar refractivity (Wildman–Crippen MR) is 113 cm³/mol. The van der Waals surface area contributed by atoms with Crippen LogP contribution in [-0.4, -0.2) is 40.6 Å². The first-order chi connectivity index (χ1) is 14.3. The SMILES string of the molecule is CNC(=O)N(C)c1cccc(NC(=O)CCc2c(C)nc3c(C#N)cnn3c2C)c1. The van der Waals surface area contributed by atoms with Crippen LogP contribution in [0.15, 0.2) is 30.5 Å². The molecule has 0 aliphatic carbocycles. The number of aromatic nitrogens is 3. The number of anilines is 2. The number of carbonyl (C=O) groups is 2. The Balaban J connectivity index is 1.71. The third-order valence-electron chi connectivity index (χ3n) is 4.97. The van der Waals surface area contributed by atoms with Crippen molar-refractivity contribution in [3.8, 4) is 6.07 Å². The van der Waals surface area contributed by atoms with Crippen LogP contribution in [0.4, 0.5) is 16.2 Å². The molecule has 0 fully saturated rings. The van der Waals surface area contributed by atoms with Gasteiger partial charge in [0.05, 0.1) is 6.20 Å². The first-order valence-electron chi connectivity index (χ1n) is 9.45. The highest BCUT2D eigenvalue weighted by atomic mass is 16.2. The van der Waals surface area contributed by atoms with Crippen molar-refractivity contribution in [1.82, 2.24) is 19.9 Å². The number of urea groups is 1. The molecule has 0 saturated heterocycles. The molecule has 9 heteroatoms. The number of hydrogen-bond acceptors (Lipinski definition) is 5. The number of nitrogens with one attached hydrogen (secondary N) is 2. The maximum Gasteiger partial charge on any atom is 0.321 e. The van der Waals surface area contributed by atoms with Crippen molar-refractivity contribution >= 4 is 29.0 Å². The van der Waals surface area contributed by atoms with Gasteiger partial charge in [0.15, 0.2) is 5.65 Å². The number of rotatable bonds is 5. The summed E-state index contributed by atoms with van der Waals surface area (Å²) in [6, 6.07) is 8.92. The lowest BCUT2D eigenvalue weighted by Gasteiger charge is -2.17. The standard InChI is InChI=1S/C21H23N7O2/c1-13-18(14(2)28-20(25-13)15(11-22)12-24-28)8-9-19(29)26-16-6-5-7-17(10-16)27(4)21(30)23-3/h5-7,10,12H,8-9H2,1-4H3,(H,23,30)(H,26,29). The molecule has 0 aliphatic heterocycles. The Morgan fingerprint density at radius 1 is 1.30 bits per heavy atom. The van der Waals surface area contributed by atoms with Crippen LogP contribution in [0, 0.1) is 25.2 Å². The molecule has 0 aliphatic rings. The summed E-state index contributed by atoms with van der Waals surface area (Å²) in [6.45, 7) is 3.77. The highest BCUT2D eigenvalue weighted by Crippen LogP contribution is 2.20. The van der Waals surface area contributed by atoms with Crippen molar-refractivity contribution in [2.75, 3.05) is 24.3 Å². The quantitative estimate of drug-likeness (QED) is 0.677. The minimum absolute atomic E-state index is 0.146. The Bertz CT molecular complexity index is 1160. The maximum absolute atomic E-state index is 12.5. The fraction of sp³-hybridized carbons (Fsp3) is 0.286. The number of fused-ring (bicyclic) bond motifs is 1. The molecule has 2 aromatic heterocycles. The third kappa shape index (κ3) is 4.07.